The number of hydrogen-bond acceptors (Lipinski definition) is 6. The summed E-state index contributed by atoms with van der Waals surface area (Å²) >= 11 is 0. The fourth-order valence-electron chi connectivity index (χ4n) is 2.80. The van der Waals surface area contributed by atoms with Crippen molar-refractivity contribution in [2.75, 3.05) is 12.4 Å². The van der Waals surface area contributed by atoms with Crippen LogP contribution in [-0.4, -0.2) is 37.6 Å². The molecule has 1 aromatic carbocycles. The molecule has 0 bridgehead atoms. The summed E-state index contributed by atoms with van der Waals surface area (Å²) in [6.45, 7) is 3.75. The molecule has 8 heteroatoms. The Morgan fingerprint density at radius 1 is 1.19 bits per heavy atom. The number of benzene rings is 1. The van der Waals surface area contributed by atoms with Gasteiger partial charge in [0, 0.05) is 23.5 Å². The van der Waals surface area contributed by atoms with Crippen LogP contribution in [0.4, 0.5) is 5.69 Å². The van der Waals surface area contributed by atoms with Crippen LogP contribution in [0.25, 0.3) is 16.7 Å². The lowest BCUT2D eigenvalue weighted by atomic mass is 10.1. The van der Waals surface area contributed by atoms with Gasteiger partial charge >= 0.3 is 0 Å². The molecule has 3 aromatic heterocycles. The zero-order valence-corrected chi connectivity index (χ0v) is 14.5. The molecule has 0 aliphatic carbocycles. The Balaban J connectivity index is 1.77. The number of carbonyl (C=O) groups is 1. The third kappa shape index (κ3) is 2.52. The van der Waals surface area contributed by atoms with Crippen LogP contribution < -0.4 is 10.1 Å². The van der Waals surface area contributed by atoms with Gasteiger partial charge in [0.2, 0.25) is 5.82 Å². The summed E-state index contributed by atoms with van der Waals surface area (Å²) in [5.74, 6) is 0.671. The molecule has 0 saturated heterocycles. The van der Waals surface area contributed by atoms with Gasteiger partial charge in [-0.15, -0.1) is 5.10 Å². The molecular weight excluding hydrogens is 332 g/mol. The molecule has 4 aromatic rings. The van der Waals surface area contributed by atoms with Crippen molar-refractivity contribution in [2.45, 2.75) is 13.8 Å². The van der Waals surface area contributed by atoms with Crippen molar-refractivity contribution < 1.29 is 9.53 Å². The summed E-state index contributed by atoms with van der Waals surface area (Å²) in [5, 5.41) is 7.93. The highest BCUT2D eigenvalue weighted by Crippen LogP contribution is 2.31. The van der Waals surface area contributed by atoms with Gasteiger partial charge in [-0.25, -0.2) is 9.50 Å². The maximum atomic E-state index is 12.7. The van der Waals surface area contributed by atoms with Crippen LogP contribution in [0.3, 0.4) is 0 Å². The molecule has 1 N–H and O–H groups in total. The molecule has 3 heterocycles. The van der Waals surface area contributed by atoms with Crippen molar-refractivity contribution in [3.63, 3.8) is 0 Å². The van der Waals surface area contributed by atoms with Crippen molar-refractivity contribution in [1.29, 1.82) is 0 Å². The topological polar surface area (TPSA) is 94.3 Å². The van der Waals surface area contributed by atoms with E-state index in [1.165, 1.54) is 4.52 Å². The van der Waals surface area contributed by atoms with Crippen molar-refractivity contribution in [1.82, 2.24) is 24.6 Å². The summed E-state index contributed by atoms with van der Waals surface area (Å²) in [6.07, 6.45) is 3.33. The average molecular weight is 348 g/mol. The number of rotatable bonds is 3. The zero-order chi connectivity index (χ0) is 18.3. The quantitative estimate of drug-likeness (QED) is 0.611. The molecule has 0 fully saturated rings. The molecule has 0 aliphatic heterocycles. The average Bonchev–Trinajstić information content (AvgIpc) is 3.09. The van der Waals surface area contributed by atoms with E-state index in [2.05, 4.69) is 25.4 Å². The van der Waals surface area contributed by atoms with E-state index in [0.717, 1.165) is 16.6 Å². The zero-order valence-electron chi connectivity index (χ0n) is 14.5. The number of methoxy groups -OCH3 is 1. The summed E-state index contributed by atoms with van der Waals surface area (Å²) in [4.78, 5) is 25.5. The van der Waals surface area contributed by atoms with E-state index in [9.17, 15) is 4.79 Å². The van der Waals surface area contributed by atoms with E-state index in [1.54, 1.807) is 25.6 Å². The molecule has 0 spiro atoms. The fourth-order valence-corrected chi connectivity index (χ4v) is 2.80. The molecule has 0 unspecified atom stereocenters. The number of ether oxygens (including phenoxy) is 1. The number of fused-ring (bicyclic) bond motifs is 2. The van der Waals surface area contributed by atoms with E-state index in [1.807, 2.05) is 32.0 Å². The van der Waals surface area contributed by atoms with E-state index in [4.69, 9.17) is 4.74 Å². The number of hydrogen-bond donors (Lipinski definition) is 1. The Morgan fingerprint density at radius 2 is 2.04 bits per heavy atom. The lowest BCUT2D eigenvalue weighted by Crippen LogP contribution is -2.15. The minimum absolute atomic E-state index is 0.0547. The highest BCUT2D eigenvalue weighted by Gasteiger charge is 2.18. The largest absolute Gasteiger partial charge is 0.494 e. The van der Waals surface area contributed by atoms with Crippen LogP contribution in [0.2, 0.25) is 0 Å². The normalized spacial score (nSPS) is 11.0. The third-order valence-electron chi connectivity index (χ3n) is 4.14. The van der Waals surface area contributed by atoms with Crippen LogP contribution in [0.5, 0.6) is 5.75 Å². The minimum atomic E-state index is -0.409. The Hall–Kier alpha value is -3.55. The Labute approximate surface area is 148 Å². The number of nitrogens with zero attached hydrogens (tertiary/aromatic N) is 5. The highest BCUT2D eigenvalue weighted by atomic mass is 16.5. The maximum Gasteiger partial charge on any atom is 0.295 e. The fraction of sp³-hybridized carbons (Fsp3) is 0.167. The second-order valence-electron chi connectivity index (χ2n) is 5.86. The van der Waals surface area contributed by atoms with Gasteiger partial charge in [-0.3, -0.25) is 9.78 Å². The predicted octanol–water partition coefficient (Wildman–Crippen LogP) is 2.55. The van der Waals surface area contributed by atoms with Crippen molar-refractivity contribution in [3.8, 4) is 5.75 Å². The van der Waals surface area contributed by atoms with Crippen molar-refractivity contribution in [3.05, 3.63) is 53.7 Å². The molecular formula is C18H16N6O2. The first-order valence-corrected chi connectivity index (χ1v) is 8.00. The summed E-state index contributed by atoms with van der Waals surface area (Å²) in [6, 6.07) is 7.37. The second-order valence-corrected chi connectivity index (χ2v) is 5.86. The van der Waals surface area contributed by atoms with E-state index < -0.39 is 5.91 Å². The first kappa shape index (κ1) is 15.9. The van der Waals surface area contributed by atoms with Gasteiger partial charge in [-0.1, -0.05) is 12.1 Å². The second kappa shape index (κ2) is 6.07. The maximum absolute atomic E-state index is 12.7. The molecule has 26 heavy (non-hydrogen) atoms. The molecule has 0 saturated carbocycles. The molecule has 1 amide bonds. The smallest absolute Gasteiger partial charge is 0.295 e. The van der Waals surface area contributed by atoms with Crippen molar-refractivity contribution in [2.24, 2.45) is 0 Å². The number of amides is 1. The molecule has 8 nitrogen and oxygen atoms in total. The summed E-state index contributed by atoms with van der Waals surface area (Å²) < 4.78 is 6.89. The van der Waals surface area contributed by atoms with E-state index in [0.29, 0.717) is 22.7 Å². The van der Waals surface area contributed by atoms with Crippen LogP contribution >= 0.6 is 0 Å². The van der Waals surface area contributed by atoms with Gasteiger partial charge in [-0.05, 0) is 31.5 Å². The molecule has 4 rings (SSSR count). The van der Waals surface area contributed by atoms with Gasteiger partial charge < -0.3 is 10.1 Å². The van der Waals surface area contributed by atoms with Crippen LogP contribution in [0.1, 0.15) is 21.9 Å². The number of para-hydroxylation sites is 1. The number of pyridine rings is 1. The first-order chi connectivity index (χ1) is 12.6. The summed E-state index contributed by atoms with van der Waals surface area (Å²) in [5.41, 5.74) is 3.01. The standard InChI is InChI=1S/C18H16N6O2/c1-10-9-20-15-12(5-4-6-13(15)26-3)14(10)21-17(25)16-22-18-19-8-7-11(2)24(18)23-16/h4-9H,1-3H3,(H,20,21,25). The lowest BCUT2D eigenvalue weighted by Gasteiger charge is -2.12. The third-order valence-corrected chi connectivity index (χ3v) is 4.14. The molecule has 0 atom stereocenters. The number of nitrogens with one attached hydrogen (secondary N) is 1. The summed E-state index contributed by atoms with van der Waals surface area (Å²) in [7, 11) is 1.59. The minimum Gasteiger partial charge on any atom is -0.494 e. The molecule has 130 valence electrons. The highest BCUT2D eigenvalue weighted by molar-refractivity contribution is 6.08. The molecule has 0 radical (unpaired) electrons. The number of carbonyl (C=O) groups excluding carboxylic acids is 1. The van der Waals surface area contributed by atoms with Gasteiger partial charge in [0.05, 0.1) is 12.8 Å². The Morgan fingerprint density at radius 3 is 2.81 bits per heavy atom. The van der Waals surface area contributed by atoms with Crippen LogP contribution in [0, 0.1) is 13.8 Å². The van der Waals surface area contributed by atoms with Gasteiger partial charge in [0.15, 0.2) is 0 Å². The molecule has 0 aliphatic rings. The monoisotopic (exact) mass is 348 g/mol. The van der Waals surface area contributed by atoms with E-state index in [-0.39, 0.29) is 5.82 Å². The number of aromatic nitrogens is 5. The van der Waals surface area contributed by atoms with E-state index >= 15 is 0 Å². The van der Waals surface area contributed by atoms with Crippen LogP contribution in [-0.2, 0) is 0 Å². The first-order valence-electron chi connectivity index (χ1n) is 8.00. The predicted molar refractivity (Wildman–Crippen MR) is 96.5 cm³/mol. The Kier molecular flexibility index (Phi) is 3.72. The SMILES string of the molecule is COc1cccc2c(NC(=O)c3nc4nccc(C)n4n3)c(C)cnc12. The van der Waals surface area contributed by atoms with Gasteiger partial charge in [-0.2, -0.15) is 4.98 Å². The van der Waals surface area contributed by atoms with Gasteiger partial charge in [0.1, 0.15) is 11.3 Å². The van der Waals surface area contributed by atoms with Crippen molar-refractivity contribution >= 4 is 28.3 Å². The van der Waals surface area contributed by atoms with Crippen LogP contribution in [0.15, 0.2) is 36.7 Å². The van der Waals surface area contributed by atoms with Gasteiger partial charge in [0.25, 0.3) is 11.7 Å². The number of anilines is 1. The number of aryl methyl sites for hydroxylation is 2. The Bertz CT molecular complexity index is 1150. The lowest BCUT2D eigenvalue weighted by molar-refractivity contribution is 0.101.